The minimum atomic E-state index is -0.451. The lowest BCUT2D eigenvalue weighted by molar-refractivity contribution is -0.185. The summed E-state index contributed by atoms with van der Waals surface area (Å²) in [5, 5.41) is 0. The van der Waals surface area contributed by atoms with Crippen molar-refractivity contribution in [3.05, 3.63) is 0 Å². The molecule has 0 radical (unpaired) electrons. The first-order valence-corrected chi connectivity index (χ1v) is 9.37. The van der Waals surface area contributed by atoms with Crippen LogP contribution in [-0.2, 0) is 9.47 Å². The molecule has 1 saturated heterocycles. The van der Waals surface area contributed by atoms with Crippen LogP contribution in [0.3, 0.4) is 0 Å². The van der Waals surface area contributed by atoms with E-state index in [4.69, 9.17) is 9.47 Å². The van der Waals surface area contributed by atoms with Gasteiger partial charge in [-0.05, 0) is 75.0 Å². The van der Waals surface area contributed by atoms with Crippen LogP contribution in [0.5, 0.6) is 0 Å². The number of fused-ring (bicyclic) bond motifs is 2. The van der Waals surface area contributed by atoms with Gasteiger partial charge in [-0.1, -0.05) is 34.6 Å². The van der Waals surface area contributed by atoms with Gasteiger partial charge in [0.05, 0.1) is 11.7 Å². The van der Waals surface area contributed by atoms with Gasteiger partial charge in [-0.25, -0.2) is 0 Å². The second-order valence-corrected chi connectivity index (χ2v) is 9.66. The molecule has 0 amide bonds. The van der Waals surface area contributed by atoms with Crippen LogP contribution >= 0.6 is 0 Å². The summed E-state index contributed by atoms with van der Waals surface area (Å²) in [5.74, 6) is 1.62. The predicted octanol–water partition coefficient (Wildman–Crippen LogP) is 5.41. The average molecular weight is 309 g/mol. The Morgan fingerprint density at radius 2 is 1.64 bits per heavy atom. The molecule has 2 heteroatoms. The van der Waals surface area contributed by atoms with Crippen LogP contribution in [0.1, 0.15) is 81.1 Å². The van der Waals surface area contributed by atoms with E-state index in [1.807, 2.05) is 0 Å². The zero-order valence-corrected chi connectivity index (χ0v) is 16.0. The highest BCUT2D eigenvalue weighted by Crippen LogP contribution is 2.67. The van der Waals surface area contributed by atoms with Gasteiger partial charge < -0.3 is 9.47 Å². The predicted molar refractivity (Wildman–Crippen MR) is 90.6 cm³/mol. The smallest absolute Gasteiger partial charge is 0.164 e. The lowest BCUT2D eigenvalue weighted by Crippen LogP contribution is -2.48. The average Bonchev–Trinajstić information content (AvgIpc) is 2.83. The summed E-state index contributed by atoms with van der Waals surface area (Å²) in [5.41, 5.74) is 0.539. The Morgan fingerprint density at radius 1 is 1.00 bits per heavy atom. The molecule has 2 saturated carbocycles. The molecule has 1 unspecified atom stereocenters. The Bertz CT molecular complexity index is 455. The fraction of sp³-hybridized carbons (Fsp3) is 1.00. The molecule has 0 aromatic carbocycles. The van der Waals surface area contributed by atoms with Gasteiger partial charge in [0.1, 0.15) is 0 Å². The lowest BCUT2D eigenvalue weighted by atomic mass is 9.58. The van der Waals surface area contributed by atoms with Crippen molar-refractivity contribution in [2.45, 2.75) is 98.6 Å². The van der Waals surface area contributed by atoms with Gasteiger partial charge in [-0.15, -0.1) is 0 Å². The summed E-state index contributed by atoms with van der Waals surface area (Å²) in [6.07, 6.45) is 5.41. The van der Waals surface area contributed by atoms with Gasteiger partial charge in [-0.3, -0.25) is 0 Å². The molecule has 3 rings (SSSR count). The standard InChI is InChI=1S/C20H36O2/c1-9-20-12-16-19(8,22-18(6,7)21-16)14(3)17(4,5)15(20)11-10-13(20)2/h13-16H,9-12H2,1-8H3/t13-,14-,15?,16+,19-,20-/m1/s1. The van der Waals surface area contributed by atoms with Gasteiger partial charge >= 0.3 is 0 Å². The van der Waals surface area contributed by atoms with Gasteiger partial charge in [0.25, 0.3) is 0 Å². The van der Waals surface area contributed by atoms with Crippen LogP contribution in [0.15, 0.2) is 0 Å². The van der Waals surface area contributed by atoms with Crippen molar-refractivity contribution in [2.24, 2.45) is 28.6 Å². The summed E-state index contributed by atoms with van der Waals surface area (Å²) in [6.45, 7) is 18.8. The van der Waals surface area contributed by atoms with E-state index in [2.05, 4.69) is 55.4 Å². The lowest BCUT2D eigenvalue weighted by Gasteiger charge is -2.48. The second kappa shape index (κ2) is 4.72. The van der Waals surface area contributed by atoms with Gasteiger partial charge in [0.15, 0.2) is 5.79 Å². The number of hydrogen-bond donors (Lipinski definition) is 0. The van der Waals surface area contributed by atoms with E-state index in [0.717, 1.165) is 11.8 Å². The van der Waals surface area contributed by atoms with Gasteiger partial charge in [-0.2, -0.15) is 0 Å². The highest BCUT2D eigenvalue weighted by molar-refractivity contribution is 5.13. The van der Waals surface area contributed by atoms with Crippen molar-refractivity contribution in [1.29, 1.82) is 0 Å². The summed E-state index contributed by atoms with van der Waals surface area (Å²) < 4.78 is 13.0. The number of ether oxygens (including phenoxy) is 2. The highest BCUT2D eigenvalue weighted by atomic mass is 16.8. The van der Waals surface area contributed by atoms with E-state index >= 15 is 0 Å². The third kappa shape index (κ3) is 1.99. The minimum Gasteiger partial charge on any atom is -0.344 e. The fourth-order valence-corrected chi connectivity index (χ4v) is 6.61. The minimum absolute atomic E-state index is 0.167. The van der Waals surface area contributed by atoms with Crippen LogP contribution < -0.4 is 0 Å². The maximum Gasteiger partial charge on any atom is 0.164 e. The molecule has 0 aromatic rings. The normalized spacial score (nSPS) is 52.9. The van der Waals surface area contributed by atoms with E-state index in [9.17, 15) is 0 Å². The van der Waals surface area contributed by atoms with Crippen molar-refractivity contribution in [1.82, 2.24) is 0 Å². The summed E-state index contributed by atoms with van der Waals surface area (Å²) >= 11 is 0. The molecule has 0 N–H and O–H groups in total. The molecule has 1 aliphatic heterocycles. The Balaban J connectivity index is 2.12. The Hall–Kier alpha value is -0.0800. The Kier molecular flexibility index (Phi) is 3.60. The molecule has 0 spiro atoms. The fourth-order valence-electron chi connectivity index (χ4n) is 6.61. The number of rotatable bonds is 1. The molecule has 0 bridgehead atoms. The molecule has 0 aromatic heterocycles. The quantitative estimate of drug-likeness (QED) is 0.645. The molecule has 22 heavy (non-hydrogen) atoms. The Labute approximate surface area is 137 Å². The molecular formula is C20H36O2. The molecule has 128 valence electrons. The van der Waals surface area contributed by atoms with Crippen LogP contribution in [0.2, 0.25) is 0 Å². The van der Waals surface area contributed by atoms with Crippen molar-refractivity contribution in [2.75, 3.05) is 0 Å². The zero-order chi connectivity index (χ0) is 16.6. The molecule has 3 fully saturated rings. The van der Waals surface area contributed by atoms with Crippen molar-refractivity contribution in [3.8, 4) is 0 Å². The van der Waals surface area contributed by atoms with Crippen LogP contribution in [0.25, 0.3) is 0 Å². The SMILES string of the molecule is CC[C@]12C[C@@H]3OC(C)(C)O[C@]3(C)[C@H](C)C(C)(C)C1CC[C@H]2C. The van der Waals surface area contributed by atoms with E-state index in [-0.39, 0.29) is 17.1 Å². The first-order valence-electron chi connectivity index (χ1n) is 9.37. The maximum absolute atomic E-state index is 6.54. The first kappa shape index (κ1) is 16.8. The first-order chi connectivity index (χ1) is 9.99. The van der Waals surface area contributed by atoms with Crippen LogP contribution in [-0.4, -0.2) is 17.5 Å². The summed E-state index contributed by atoms with van der Waals surface area (Å²) in [4.78, 5) is 0. The summed E-state index contributed by atoms with van der Waals surface area (Å²) in [6, 6.07) is 0. The third-order valence-electron chi connectivity index (χ3n) is 8.19. The van der Waals surface area contributed by atoms with Crippen molar-refractivity contribution < 1.29 is 9.47 Å². The zero-order valence-electron chi connectivity index (χ0n) is 16.0. The second-order valence-electron chi connectivity index (χ2n) is 9.66. The van der Waals surface area contributed by atoms with E-state index in [0.29, 0.717) is 11.3 Å². The largest absolute Gasteiger partial charge is 0.344 e. The third-order valence-corrected chi connectivity index (χ3v) is 8.19. The van der Waals surface area contributed by atoms with Gasteiger partial charge in [0, 0.05) is 0 Å². The monoisotopic (exact) mass is 308 g/mol. The van der Waals surface area contributed by atoms with E-state index in [1.165, 1.54) is 25.7 Å². The molecular weight excluding hydrogens is 272 g/mol. The van der Waals surface area contributed by atoms with E-state index < -0.39 is 5.79 Å². The highest BCUT2D eigenvalue weighted by Gasteiger charge is 2.66. The van der Waals surface area contributed by atoms with Crippen molar-refractivity contribution >= 4 is 0 Å². The molecule has 3 aliphatic rings. The van der Waals surface area contributed by atoms with Gasteiger partial charge in [0.2, 0.25) is 0 Å². The van der Waals surface area contributed by atoms with E-state index in [1.54, 1.807) is 0 Å². The number of hydrogen-bond acceptors (Lipinski definition) is 2. The topological polar surface area (TPSA) is 18.5 Å². The van der Waals surface area contributed by atoms with Crippen LogP contribution in [0, 0.1) is 28.6 Å². The van der Waals surface area contributed by atoms with Crippen molar-refractivity contribution in [3.63, 3.8) is 0 Å². The molecule has 6 atom stereocenters. The molecule has 2 nitrogen and oxygen atoms in total. The summed E-state index contributed by atoms with van der Waals surface area (Å²) in [7, 11) is 0. The molecule has 2 aliphatic carbocycles. The Morgan fingerprint density at radius 3 is 2.23 bits per heavy atom. The maximum atomic E-state index is 6.54. The molecule has 1 heterocycles. The van der Waals surface area contributed by atoms with Crippen LogP contribution in [0.4, 0.5) is 0 Å².